The topological polar surface area (TPSA) is 55.4 Å². The molecule has 9 heteroatoms. The third kappa shape index (κ3) is 4.72. The Kier molecular flexibility index (Phi) is 5.86. The van der Waals surface area contributed by atoms with E-state index in [0.29, 0.717) is 6.07 Å². The highest BCUT2D eigenvalue weighted by atomic mass is 35.5. The van der Waals surface area contributed by atoms with Gasteiger partial charge in [-0.15, -0.1) is 0 Å². The summed E-state index contributed by atoms with van der Waals surface area (Å²) < 4.78 is 57.4. The van der Waals surface area contributed by atoms with Gasteiger partial charge in [0.2, 0.25) is 0 Å². The van der Waals surface area contributed by atoms with Gasteiger partial charge in [-0.3, -0.25) is 4.79 Å². The van der Waals surface area contributed by atoms with E-state index in [2.05, 4.69) is 0 Å². The van der Waals surface area contributed by atoms with E-state index in [1.54, 1.807) is 0 Å². The van der Waals surface area contributed by atoms with E-state index >= 15 is 0 Å². The monoisotopic (exact) mass is 389 g/mol. The van der Waals surface area contributed by atoms with Crippen molar-refractivity contribution in [3.05, 3.63) is 64.4 Å². The number of hydrogen-bond acceptors (Lipinski definition) is 3. The van der Waals surface area contributed by atoms with Crippen LogP contribution in [0.25, 0.3) is 0 Å². The number of ether oxygens (including phenoxy) is 1. The highest BCUT2D eigenvalue weighted by molar-refractivity contribution is 6.30. The maximum absolute atomic E-state index is 13.5. The Bertz CT molecular complexity index is 839. The number of esters is 1. The third-order valence-corrected chi connectivity index (χ3v) is 3.53. The number of carbonyl (C=O) groups is 2. The Hall–Kier alpha value is -2.61. The van der Waals surface area contributed by atoms with Gasteiger partial charge >= 0.3 is 12.1 Å². The fraction of sp³-hybridized carbons (Fsp3) is 0.176. The van der Waals surface area contributed by atoms with Crippen molar-refractivity contribution in [2.75, 3.05) is 5.32 Å². The molecular weight excluding hydrogens is 378 g/mol. The lowest BCUT2D eigenvalue weighted by atomic mass is 10.1. The highest BCUT2D eigenvalue weighted by Gasteiger charge is 2.34. The molecule has 0 saturated heterocycles. The molecule has 2 aromatic carbocycles. The number of nitrogens with one attached hydrogen (secondary N) is 1. The van der Waals surface area contributed by atoms with Crippen molar-refractivity contribution < 1.29 is 31.9 Å². The Morgan fingerprint density at radius 2 is 1.81 bits per heavy atom. The van der Waals surface area contributed by atoms with E-state index in [4.69, 9.17) is 16.3 Å². The molecule has 1 amide bonds. The molecule has 138 valence electrons. The van der Waals surface area contributed by atoms with Crippen molar-refractivity contribution in [1.29, 1.82) is 0 Å². The summed E-state index contributed by atoms with van der Waals surface area (Å²) >= 11 is 5.56. The molecule has 0 heterocycles. The van der Waals surface area contributed by atoms with Crippen LogP contribution in [0.15, 0.2) is 42.5 Å². The number of amides is 1. The number of anilines is 1. The van der Waals surface area contributed by atoms with Crippen LogP contribution in [-0.4, -0.2) is 18.0 Å². The Morgan fingerprint density at radius 1 is 1.15 bits per heavy atom. The van der Waals surface area contributed by atoms with Gasteiger partial charge in [-0.05, 0) is 37.3 Å². The van der Waals surface area contributed by atoms with Crippen LogP contribution in [0.2, 0.25) is 5.02 Å². The number of carbonyl (C=O) groups excluding carboxylic acids is 2. The molecule has 0 bridgehead atoms. The Morgan fingerprint density at radius 3 is 2.42 bits per heavy atom. The van der Waals surface area contributed by atoms with E-state index in [-0.39, 0.29) is 5.02 Å². The van der Waals surface area contributed by atoms with Crippen LogP contribution < -0.4 is 5.32 Å². The first-order valence-electron chi connectivity index (χ1n) is 7.22. The second-order valence-electron chi connectivity index (χ2n) is 5.20. The van der Waals surface area contributed by atoms with Crippen molar-refractivity contribution in [2.45, 2.75) is 19.2 Å². The molecule has 26 heavy (non-hydrogen) atoms. The maximum atomic E-state index is 13.5. The zero-order valence-corrected chi connectivity index (χ0v) is 14.0. The second kappa shape index (κ2) is 7.74. The quantitative estimate of drug-likeness (QED) is 0.610. The van der Waals surface area contributed by atoms with Gasteiger partial charge in [0.15, 0.2) is 6.10 Å². The lowest BCUT2D eigenvalue weighted by Crippen LogP contribution is -2.31. The number of alkyl halides is 3. The predicted octanol–water partition coefficient (Wildman–Crippen LogP) is 4.68. The zero-order chi connectivity index (χ0) is 19.5. The van der Waals surface area contributed by atoms with E-state index in [0.717, 1.165) is 25.1 Å². The lowest BCUT2D eigenvalue weighted by molar-refractivity contribution is -0.137. The fourth-order valence-corrected chi connectivity index (χ4v) is 2.17. The SMILES string of the molecule is CC(OC(=O)c1ccccc1F)C(=O)Nc1ccc(Cl)cc1C(F)(F)F. The summed E-state index contributed by atoms with van der Waals surface area (Å²) in [6.45, 7) is 1.15. The minimum absolute atomic E-state index is 0.158. The van der Waals surface area contributed by atoms with Crippen LogP contribution >= 0.6 is 11.6 Å². The van der Waals surface area contributed by atoms with E-state index in [1.165, 1.54) is 18.2 Å². The van der Waals surface area contributed by atoms with Crippen molar-refractivity contribution in [2.24, 2.45) is 0 Å². The van der Waals surface area contributed by atoms with Gasteiger partial charge in [0.05, 0.1) is 16.8 Å². The summed E-state index contributed by atoms with van der Waals surface area (Å²) in [5.74, 6) is -2.97. The summed E-state index contributed by atoms with van der Waals surface area (Å²) in [5, 5.41) is 1.87. The van der Waals surface area contributed by atoms with Gasteiger partial charge < -0.3 is 10.1 Å². The minimum Gasteiger partial charge on any atom is -0.449 e. The van der Waals surface area contributed by atoms with Gasteiger partial charge in [-0.25, -0.2) is 9.18 Å². The molecule has 2 rings (SSSR count). The number of benzene rings is 2. The predicted molar refractivity (Wildman–Crippen MR) is 86.4 cm³/mol. The Labute approximate surface area is 150 Å². The normalized spacial score (nSPS) is 12.4. The zero-order valence-electron chi connectivity index (χ0n) is 13.2. The number of halogens is 5. The summed E-state index contributed by atoms with van der Waals surface area (Å²) in [6, 6.07) is 7.76. The molecule has 1 atom stereocenters. The average molecular weight is 390 g/mol. The number of hydrogen-bond donors (Lipinski definition) is 1. The molecular formula is C17H12ClF4NO3. The van der Waals surface area contributed by atoms with Crippen molar-refractivity contribution in [3.63, 3.8) is 0 Å². The second-order valence-corrected chi connectivity index (χ2v) is 5.64. The Balaban J connectivity index is 2.13. The molecule has 0 aromatic heterocycles. The highest BCUT2D eigenvalue weighted by Crippen LogP contribution is 2.36. The smallest absolute Gasteiger partial charge is 0.418 e. The van der Waals surface area contributed by atoms with Gasteiger partial charge in [-0.2, -0.15) is 13.2 Å². The van der Waals surface area contributed by atoms with Gasteiger partial charge in [0, 0.05) is 5.02 Å². The molecule has 4 nitrogen and oxygen atoms in total. The standard InChI is InChI=1S/C17H12ClF4NO3/c1-9(26-16(25)11-4-2-3-5-13(11)19)15(24)23-14-7-6-10(18)8-12(14)17(20,21)22/h2-9H,1H3,(H,23,24). The van der Waals surface area contributed by atoms with Crippen molar-refractivity contribution >= 4 is 29.2 Å². The number of rotatable bonds is 4. The summed E-state index contributed by atoms with van der Waals surface area (Å²) in [4.78, 5) is 23.9. The average Bonchev–Trinajstić information content (AvgIpc) is 2.55. The molecule has 0 aliphatic carbocycles. The van der Waals surface area contributed by atoms with Crippen LogP contribution in [0, 0.1) is 5.82 Å². The largest absolute Gasteiger partial charge is 0.449 e. The molecule has 0 radical (unpaired) electrons. The van der Waals surface area contributed by atoms with E-state index in [9.17, 15) is 27.2 Å². The van der Waals surface area contributed by atoms with Crippen LogP contribution in [-0.2, 0) is 15.7 Å². The van der Waals surface area contributed by atoms with Crippen molar-refractivity contribution in [3.8, 4) is 0 Å². The van der Waals surface area contributed by atoms with Crippen LogP contribution in [0.5, 0.6) is 0 Å². The van der Waals surface area contributed by atoms with E-state index < -0.39 is 46.8 Å². The molecule has 1 unspecified atom stereocenters. The molecule has 0 spiro atoms. The van der Waals surface area contributed by atoms with Crippen molar-refractivity contribution in [1.82, 2.24) is 0 Å². The molecule has 0 saturated carbocycles. The molecule has 0 aliphatic rings. The van der Waals surface area contributed by atoms with E-state index in [1.807, 2.05) is 5.32 Å². The lowest BCUT2D eigenvalue weighted by Gasteiger charge is -2.17. The van der Waals surface area contributed by atoms with Crippen LogP contribution in [0.4, 0.5) is 23.2 Å². The first-order valence-corrected chi connectivity index (χ1v) is 7.60. The molecule has 1 N–H and O–H groups in total. The first kappa shape index (κ1) is 19.7. The summed E-state index contributed by atoms with van der Waals surface area (Å²) in [6.07, 6.45) is -6.21. The first-order chi connectivity index (χ1) is 12.1. The summed E-state index contributed by atoms with van der Waals surface area (Å²) in [5.41, 5.74) is -2.08. The molecule has 0 aliphatic heterocycles. The fourth-order valence-electron chi connectivity index (χ4n) is 2.00. The maximum Gasteiger partial charge on any atom is 0.418 e. The van der Waals surface area contributed by atoms with Crippen LogP contribution in [0.1, 0.15) is 22.8 Å². The molecule has 0 fully saturated rings. The summed E-state index contributed by atoms with van der Waals surface area (Å²) in [7, 11) is 0. The van der Waals surface area contributed by atoms with Crippen LogP contribution in [0.3, 0.4) is 0 Å². The third-order valence-electron chi connectivity index (χ3n) is 3.29. The van der Waals surface area contributed by atoms with Gasteiger partial charge in [0.25, 0.3) is 5.91 Å². The van der Waals surface area contributed by atoms with Gasteiger partial charge in [0.1, 0.15) is 5.82 Å². The molecule has 2 aromatic rings. The van der Waals surface area contributed by atoms with Gasteiger partial charge in [-0.1, -0.05) is 23.7 Å². The minimum atomic E-state index is -4.75.